The maximum absolute atomic E-state index is 12.0. The van der Waals surface area contributed by atoms with Crippen molar-refractivity contribution in [1.29, 1.82) is 0 Å². The quantitative estimate of drug-likeness (QED) is 0.796. The molecule has 0 saturated carbocycles. The lowest BCUT2D eigenvalue weighted by Gasteiger charge is -2.04. The van der Waals surface area contributed by atoms with E-state index in [9.17, 15) is 4.79 Å². The van der Waals surface area contributed by atoms with Crippen molar-refractivity contribution in [3.05, 3.63) is 34.5 Å². The van der Waals surface area contributed by atoms with E-state index in [-0.39, 0.29) is 11.2 Å². The number of aromatic amines is 1. The molecule has 2 rings (SSSR count). The van der Waals surface area contributed by atoms with Crippen LogP contribution in [0.3, 0.4) is 0 Å². The highest BCUT2D eigenvalue weighted by molar-refractivity contribution is 6.28. The van der Waals surface area contributed by atoms with Gasteiger partial charge in [-0.2, -0.15) is 5.10 Å². The van der Waals surface area contributed by atoms with Gasteiger partial charge in [-0.3, -0.25) is 9.89 Å². The molecule has 0 aliphatic rings. The van der Waals surface area contributed by atoms with Gasteiger partial charge in [0.15, 0.2) is 0 Å². The van der Waals surface area contributed by atoms with Crippen LogP contribution >= 0.6 is 11.6 Å². The fraction of sp³-hybridized carbons (Fsp3) is 0.200. The van der Waals surface area contributed by atoms with Gasteiger partial charge in [-0.25, -0.2) is 9.97 Å². The van der Waals surface area contributed by atoms with Crippen LogP contribution in [0, 0.1) is 13.8 Å². The molecular weight excluding hydrogens is 242 g/mol. The average molecular weight is 252 g/mol. The highest BCUT2D eigenvalue weighted by atomic mass is 35.5. The van der Waals surface area contributed by atoms with E-state index in [4.69, 9.17) is 11.6 Å². The summed E-state index contributed by atoms with van der Waals surface area (Å²) in [4.78, 5) is 19.6. The van der Waals surface area contributed by atoms with Crippen LogP contribution in [0.25, 0.3) is 0 Å². The van der Waals surface area contributed by atoms with Gasteiger partial charge < -0.3 is 5.32 Å². The summed E-state index contributed by atoms with van der Waals surface area (Å²) in [7, 11) is 0. The molecule has 0 radical (unpaired) electrons. The minimum absolute atomic E-state index is 0.0865. The monoisotopic (exact) mass is 251 g/mol. The van der Waals surface area contributed by atoms with E-state index < -0.39 is 0 Å². The Morgan fingerprint density at radius 3 is 2.82 bits per heavy atom. The van der Waals surface area contributed by atoms with E-state index >= 15 is 0 Å². The third kappa shape index (κ3) is 2.42. The number of anilines is 1. The Morgan fingerprint density at radius 1 is 1.47 bits per heavy atom. The van der Waals surface area contributed by atoms with Crippen molar-refractivity contribution in [2.45, 2.75) is 13.8 Å². The fourth-order valence-electron chi connectivity index (χ4n) is 1.47. The number of rotatable bonds is 2. The summed E-state index contributed by atoms with van der Waals surface area (Å²) in [6.45, 7) is 3.53. The van der Waals surface area contributed by atoms with Crippen LogP contribution in [0.4, 0.5) is 5.82 Å². The van der Waals surface area contributed by atoms with E-state index in [1.54, 1.807) is 19.9 Å². The molecule has 0 fully saturated rings. The molecule has 0 aromatic carbocycles. The van der Waals surface area contributed by atoms with E-state index in [1.807, 2.05) is 0 Å². The molecule has 0 bridgehead atoms. The molecule has 0 spiro atoms. The molecule has 2 aromatic heterocycles. The summed E-state index contributed by atoms with van der Waals surface area (Å²) in [5.41, 5.74) is 1.86. The minimum atomic E-state index is -0.275. The summed E-state index contributed by atoms with van der Waals surface area (Å²) in [6, 6.07) is 1.56. The van der Waals surface area contributed by atoms with Gasteiger partial charge in [-0.15, -0.1) is 0 Å². The number of aryl methyl sites for hydroxylation is 2. The van der Waals surface area contributed by atoms with Crippen LogP contribution in [-0.4, -0.2) is 26.1 Å². The standard InChI is InChI=1S/C10H10ClN5O/c1-5-8(6(2)16-15-5)9(17)13-7-3-4-12-10(11)14-7/h3-4H,1-2H3,(H,15,16)(H,12,13,14,17). The zero-order valence-electron chi connectivity index (χ0n) is 9.28. The first-order valence-electron chi connectivity index (χ1n) is 4.89. The molecule has 2 N–H and O–H groups in total. The minimum Gasteiger partial charge on any atom is -0.306 e. The zero-order valence-corrected chi connectivity index (χ0v) is 10.0. The largest absolute Gasteiger partial charge is 0.306 e. The van der Waals surface area contributed by atoms with Crippen molar-refractivity contribution < 1.29 is 4.79 Å². The number of hydrogen-bond acceptors (Lipinski definition) is 4. The van der Waals surface area contributed by atoms with Crippen molar-refractivity contribution in [2.24, 2.45) is 0 Å². The number of carbonyl (C=O) groups excluding carboxylic acids is 1. The Morgan fingerprint density at radius 2 is 2.24 bits per heavy atom. The van der Waals surface area contributed by atoms with Crippen molar-refractivity contribution >= 4 is 23.3 Å². The Balaban J connectivity index is 2.23. The molecule has 0 saturated heterocycles. The van der Waals surface area contributed by atoms with Crippen molar-refractivity contribution in [3.63, 3.8) is 0 Å². The molecule has 17 heavy (non-hydrogen) atoms. The summed E-state index contributed by atoms with van der Waals surface area (Å²) in [5.74, 6) is 0.0820. The SMILES string of the molecule is Cc1n[nH]c(C)c1C(=O)Nc1ccnc(Cl)n1. The first-order chi connectivity index (χ1) is 8.08. The first kappa shape index (κ1) is 11.5. The number of halogens is 1. The molecule has 6 nitrogen and oxygen atoms in total. The van der Waals surface area contributed by atoms with Gasteiger partial charge in [-0.05, 0) is 31.5 Å². The third-order valence-corrected chi connectivity index (χ3v) is 2.41. The lowest BCUT2D eigenvalue weighted by Crippen LogP contribution is -2.14. The first-order valence-corrected chi connectivity index (χ1v) is 5.27. The second-order valence-electron chi connectivity index (χ2n) is 3.47. The number of hydrogen-bond donors (Lipinski definition) is 2. The number of nitrogens with zero attached hydrogens (tertiary/aromatic N) is 3. The van der Waals surface area contributed by atoms with E-state index in [0.29, 0.717) is 22.8 Å². The zero-order chi connectivity index (χ0) is 12.4. The molecule has 0 aliphatic heterocycles. The molecular formula is C10H10ClN5O. The molecule has 0 atom stereocenters. The highest BCUT2D eigenvalue weighted by Gasteiger charge is 2.15. The van der Waals surface area contributed by atoms with E-state index in [2.05, 4.69) is 25.5 Å². The number of aromatic nitrogens is 4. The van der Waals surface area contributed by atoms with Crippen molar-refractivity contribution in [2.75, 3.05) is 5.32 Å². The molecule has 88 valence electrons. The van der Waals surface area contributed by atoms with Gasteiger partial charge in [0.25, 0.3) is 5.91 Å². The number of nitrogens with one attached hydrogen (secondary N) is 2. The van der Waals surface area contributed by atoms with Gasteiger partial charge in [0.2, 0.25) is 5.28 Å². The summed E-state index contributed by atoms with van der Waals surface area (Å²) >= 11 is 5.62. The van der Waals surface area contributed by atoms with Gasteiger partial charge in [0.1, 0.15) is 5.82 Å². The summed E-state index contributed by atoms with van der Waals surface area (Å²) < 4.78 is 0. The topological polar surface area (TPSA) is 83.6 Å². The Bertz CT molecular complexity index is 546. The molecule has 7 heteroatoms. The maximum atomic E-state index is 12.0. The average Bonchev–Trinajstić information content (AvgIpc) is 2.58. The molecule has 0 unspecified atom stereocenters. The predicted octanol–water partition coefficient (Wildman–Crippen LogP) is 1.72. The summed E-state index contributed by atoms with van der Waals surface area (Å²) in [6.07, 6.45) is 1.47. The van der Waals surface area contributed by atoms with Crippen LogP contribution in [0.2, 0.25) is 5.28 Å². The van der Waals surface area contributed by atoms with Gasteiger partial charge >= 0.3 is 0 Å². The fourth-order valence-corrected chi connectivity index (χ4v) is 1.62. The lowest BCUT2D eigenvalue weighted by molar-refractivity contribution is 0.102. The Kier molecular flexibility index (Phi) is 3.06. The van der Waals surface area contributed by atoms with Crippen LogP contribution in [0.15, 0.2) is 12.3 Å². The number of amides is 1. The van der Waals surface area contributed by atoms with Crippen molar-refractivity contribution in [1.82, 2.24) is 20.2 Å². The normalized spacial score (nSPS) is 10.3. The van der Waals surface area contributed by atoms with E-state index in [1.165, 1.54) is 6.20 Å². The van der Waals surface area contributed by atoms with E-state index in [0.717, 1.165) is 0 Å². The Labute approximate surface area is 102 Å². The number of carbonyl (C=O) groups is 1. The smallest absolute Gasteiger partial charge is 0.260 e. The van der Waals surface area contributed by atoms with Gasteiger partial charge in [0.05, 0.1) is 11.3 Å². The van der Waals surface area contributed by atoms with Crippen LogP contribution < -0.4 is 5.32 Å². The van der Waals surface area contributed by atoms with Gasteiger partial charge in [0, 0.05) is 11.9 Å². The second kappa shape index (κ2) is 4.50. The van der Waals surface area contributed by atoms with Crippen LogP contribution in [0.1, 0.15) is 21.7 Å². The highest BCUT2D eigenvalue weighted by Crippen LogP contribution is 2.12. The third-order valence-electron chi connectivity index (χ3n) is 2.22. The maximum Gasteiger partial charge on any atom is 0.260 e. The summed E-state index contributed by atoms with van der Waals surface area (Å²) in [5, 5.41) is 9.42. The van der Waals surface area contributed by atoms with Crippen LogP contribution in [0.5, 0.6) is 0 Å². The lowest BCUT2D eigenvalue weighted by atomic mass is 10.2. The van der Waals surface area contributed by atoms with Crippen molar-refractivity contribution in [3.8, 4) is 0 Å². The molecule has 1 amide bonds. The predicted molar refractivity (Wildman–Crippen MR) is 63.1 cm³/mol. The Hall–Kier alpha value is -1.95. The van der Waals surface area contributed by atoms with Crippen LogP contribution in [-0.2, 0) is 0 Å². The molecule has 2 aromatic rings. The molecule has 2 heterocycles. The second-order valence-corrected chi connectivity index (χ2v) is 3.81. The number of H-pyrrole nitrogens is 1. The molecule has 0 aliphatic carbocycles. The van der Waals surface area contributed by atoms with Gasteiger partial charge in [-0.1, -0.05) is 0 Å².